The van der Waals surface area contributed by atoms with Gasteiger partial charge in [-0.25, -0.2) is 0 Å². The Labute approximate surface area is 92.6 Å². The molecule has 1 saturated carbocycles. The largest absolute Gasteiger partial charge is 0.391 e. The molecular weight excluding hydrogens is 188 g/mol. The third-order valence-electron chi connectivity index (χ3n) is 3.99. The first-order valence-electron chi connectivity index (χ1n) is 6.45. The Morgan fingerprint density at radius 2 is 1.60 bits per heavy atom. The maximum absolute atomic E-state index is 10.1. The summed E-state index contributed by atoms with van der Waals surface area (Å²) in [5.74, 6) is 0. The van der Waals surface area contributed by atoms with Gasteiger partial charge in [0.15, 0.2) is 0 Å². The van der Waals surface area contributed by atoms with Crippen molar-refractivity contribution >= 4 is 0 Å². The smallest absolute Gasteiger partial charge is 0.0695 e. The standard InChI is InChI=1S/C12H24N2O/c13-10-6-8-14(9-7-10)11-4-2-1-3-5-12(11)15/h10-12,15H,1-9,13H2. The summed E-state index contributed by atoms with van der Waals surface area (Å²) in [6.45, 7) is 2.17. The van der Waals surface area contributed by atoms with Crippen molar-refractivity contribution in [3.63, 3.8) is 0 Å². The average Bonchev–Trinajstić information content (AvgIpc) is 2.44. The summed E-state index contributed by atoms with van der Waals surface area (Å²) in [5, 5.41) is 10.1. The predicted octanol–water partition coefficient (Wildman–Crippen LogP) is 1.10. The van der Waals surface area contributed by atoms with Crippen molar-refractivity contribution in [1.82, 2.24) is 4.90 Å². The molecule has 3 N–H and O–H groups in total. The van der Waals surface area contributed by atoms with Crippen LogP contribution in [-0.2, 0) is 0 Å². The summed E-state index contributed by atoms with van der Waals surface area (Å²) in [4.78, 5) is 2.47. The van der Waals surface area contributed by atoms with E-state index in [0.29, 0.717) is 12.1 Å². The van der Waals surface area contributed by atoms with Crippen LogP contribution in [0.3, 0.4) is 0 Å². The monoisotopic (exact) mass is 212 g/mol. The Morgan fingerprint density at radius 1 is 0.933 bits per heavy atom. The van der Waals surface area contributed by atoms with Crippen LogP contribution in [0.1, 0.15) is 44.9 Å². The van der Waals surface area contributed by atoms with Crippen LogP contribution in [0.4, 0.5) is 0 Å². The Kier molecular flexibility index (Phi) is 4.00. The molecule has 88 valence electrons. The van der Waals surface area contributed by atoms with Crippen molar-refractivity contribution in [2.75, 3.05) is 13.1 Å². The van der Waals surface area contributed by atoms with Crippen molar-refractivity contribution in [2.24, 2.45) is 5.73 Å². The lowest BCUT2D eigenvalue weighted by Gasteiger charge is -2.38. The molecule has 0 aromatic heterocycles. The number of nitrogens with zero attached hydrogens (tertiary/aromatic N) is 1. The van der Waals surface area contributed by atoms with Crippen LogP contribution in [0.25, 0.3) is 0 Å². The predicted molar refractivity (Wildman–Crippen MR) is 61.7 cm³/mol. The van der Waals surface area contributed by atoms with Gasteiger partial charge in [-0.15, -0.1) is 0 Å². The zero-order valence-electron chi connectivity index (χ0n) is 9.57. The molecule has 0 aromatic rings. The van der Waals surface area contributed by atoms with Crippen LogP contribution in [-0.4, -0.2) is 41.3 Å². The molecular formula is C12H24N2O. The Bertz CT molecular complexity index is 190. The lowest BCUT2D eigenvalue weighted by molar-refractivity contribution is 0.0313. The normalized spacial score (nSPS) is 36.4. The summed E-state index contributed by atoms with van der Waals surface area (Å²) in [5.41, 5.74) is 5.90. The van der Waals surface area contributed by atoms with Gasteiger partial charge in [-0.05, 0) is 25.7 Å². The third kappa shape index (κ3) is 2.92. The fraction of sp³-hybridized carbons (Fsp3) is 1.00. The van der Waals surface area contributed by atoms with E-state index in [4.69, 9.17) is 5.73 Å². The molecule has 2 aliphatic rings. The third-order valence-corrected chi connectivity index (χ3v) is 3.99. The van der Waals surface area contributed by atoms with Gasteiger partial charge in [0.1, 0.15) is 0 Å². The first-order chi connectivity index (χ1) is 7.27. The van der Waals surface area contributed by atoms with Gasteiger partial charge in [0.05, 0.1) is 6.10 Å². The second kappa shape index (κ2) is 5.28. The molecule has 1 heterocycles. The molecule has 2 unspecified atom stereocenters. The van der Waals surface area contributed by atoms with Crippen LogP contribution < -0.4 is 5.73 Å². The van der Waals surface area contributed by atoms with Crippen LogP contribution in [0, 0.1) is 0 Å². The number of rotatable bonds is 1. The number of nitrogens with two attached hydrogens (primary N) is 1. The molecule has 3 nitrogen and oxygen atoms in total. The highest BCUT2D eigenvalue weighted by molar-refractivity contribution is 4.85. The molecule has 1 aliphatic carbocycles. The summed E-state index contributed by atoms with van der Waals surface area (Å²) in [6.07, 6.45) is 8.05. The van der Waals surface area contributed by atoms with E-state index in [9.17, 15) is 5.11 Å². The minimum atomic E-state index is -0.0955. The molecule has 15 heavy (non-hydrogen) atoms. The quantitative estimate of drug-likeness (QED) is 0.640. The van der Waals surface area contributed by atoms with Crippen LogP contribution in [0.15, 0.2) is 0 Å². The molecule has 2 atom stereocenters. The van der Waals surface area contributed by atoms with E-state index in [1.165, 1.54) is 25.7 Å². The Hall–Kier alpha value is -0.120. The highest BCUT2D eigenvalue weighted by Crippen LogP contribution is 2.24. The van der Waals surface area contributed by atoms with E-state index in [1.807, 2.05) is 0 Å². The van der Waals surface area contributed by atoms with Gasteiger partial charge in [0, 0.05) is 25.2 Å². The van der Waals surface area contributed by atoms with Crippen molar-refractivity contribution in [2.45, 2.75) is 63.1 Å². The number of aliphatic hydroxyl groups excluding tert-OH is 1. The van der Waals surface area contributed by atoms with Gasteiger partial charge in [-0.3, -0.25) is 4.90 Å². The fourth-order valence-corrected chi connectivity index (χ4v) is 2.95. The van der Waals surface area contributed by atoms with Gasteiger partial charge in [0.2, 0.25) is 0 Å². The minimum Gasteiger partial charge on any atom is -0.391 e. The van der Waals surface area contributed by atoms with Crippen molar-refractivity contribution in [1.29, 1.82) is 0 Å². The summed E-state index contributed by atoms with van der Waals surface area (Å²) >= 11 is 0. The molecule has 0 amide bonds. The first kappa shape index (κ1) is 11.4. The first-order valence-corrected chi connectivity index (χ1v) is 6.45. The fourth-order valence-electron chi connectivity index (χ4n) is 2.95. The van der Waals surface area contributed by atoms with E-state index >= 15 is 0 Å². The maximum Gasteiger partial charge on any atom is 0.0695 e. The second-order valence-corrected chi connectivity index (χ2v) is 5.15. The maximum atomic E-state index is 10.1. The van der Waals surface area contributed by atoms with Gasteiger partial charge >= 0.3 is 0 Å². The number of likely N-dealkylation sites (tertiary alicyclic amines) is 1. The number of hydrogen-bond donors (Lipinski definition) is 2. The molecule has 1 saturated heterocycles. The van der Waals surface area contributed by atoms with E-state index in [2.05, 4.69) is 4.90 Å². The SMILES string of the molecule is NC1CCN(C2CCCCCC2O)CC1. The van der Waals surface area contributed by atoms with Crippen molar-refractivity contribution in [3.8, 4) is 0 Å². The summed E-state index contributed by atoms with van der Waals surface area (Å²) in [6, 6.07) is 0.809. The average molecular weight is 212 g/mol. The van der Waals surface area contributed by atoms with Crippen molar-refractivity contribution in [3.05, 3.63) is 0 Å². The van der Waals surface area contributed by atoms with E-state index in [1.54, 1.807) is 0 Å². The topological polar surface area (TPSA) is 49.5 Å². The van der Waals surface area contributed by atoms with Gasteiger partial charge in [-0.2, -0.15) is 0 Å². The van der Waals surface area contributed by atoms with Crippen LogP contribution in [0.2, 0.25) is 0 Å². The van der Waals surface area contributed by atoms with E-state index < -0.39 is 0 Å². The lowest BCUT2D eigenvalue weighted by Crippen LogP contribution is -2.49. The molecule has 2 fully saturated rings. The highest BCUT2D eigenvalue weighted by Gasteiger charge is 2.29. The second-order valence-electron chi connectivity index (χ2n) is 5.15. The zero-order chi connectivity index (χ0) is 10.7. The van der Waals surface area contributed by atoms with E-state index in [-0.39, 0.29) is 6.10 Å². The van der Waals surface area contributed by atoms with E-state index in [0.717, 1.165) is 32.4 Å². The van der Waals surface area contributed by atoms with Crippen LogP contribution >= 0.6 is 0 Å². The lowest BCUT2D eigenvalue weighted by atomic mass is 9.99. The molecule has 0 spiro atoms. The van der Waals surface area contributed by atoms with Crippen LogP contribution in [0.5, 0.6) is 0 Å². The minimum absolute atomic E-state index is 0.0955. The van der Waals surface area contributed by atoms with Gasteiger partial charge in [0.25, 0.3) is 0 Å². The Morgan fingerprint density at radius 3 is 2.33 bits per heavy atom. The molecule has 0 bridgehead atoms. The van der Waals surface area contributed by atoms with Gasteiger partial charge in [-0.1, -0.05) is 19.3 Å². The number of piperidine rings is 1. The molecule has 0 radical (unpaired) electrons. The number of hydrogen-bond acceptors (Lipinski definition) is 3. The summed E-state index contributed by atoms with van der Waals surface area (Å²) < 4.78 is 0. The molecule has 0 aromatic carbocycles. The molecule has 1 aliphatic heterocycles. The number of aliphatic hydroxyl groups is 1. The molecule has 3 heteroatoms. The zero-order valence-corrected chi connectivity index (χ0v) is 9.57. The van der Waals surface area contributed by atoms with Crippen molar-refractivity contribution < 1.29 is 5.11 Å². The van der Waals surface area contributed by atoms with Gasteiger partial charge < -0.3 is 10.8 Å². The Balaban J connectivity index is 1.89. The summed E-state index contributed by atoms with van der Waals surface area (Å²) in [7, 11) is 0. The molecule has 2 rings (SSSR count). The highest BCUT2D eigenvalue weighted by atomic mass is 16.3.